The van der Waals surface area contributed by atoms with Gasteiger partial charge in [0.05, 0.1) is 10.7 Å². The van der Waals surface area contributed by atoms with E-state index in [1.165, 1.54) is 15.6 Å². The average molecular weight is 212 g/mol. The molecular weight excluding hydrogens is 192 g/mol. The summed E-state index contributed by atoms with van der Waals surface area (Å²) in [4.78, 5) is 5.94. The van der Waals surface area contributed by atoms with Gasteiger partial charge in [0.2, 0.25) is 0 Å². The van der Waals surface area contributed by atoms with Crippen LogP contribution in [0.25, 0.3) is 0 Å². The van der Waals surface area contributed by atoms with Crippen LogP contribution in [-0.4, -0.2) is 18.6 Å². The Morgan fingerprint density at radius 3 is 2.36 bits per heavy atom. The summed E-state index contributed by atoms with van der Waals surface area (Å²) in [5.74, 6) is 1.27. The van der Waals surface area contributed by atoms with E-state index in [0.29, 0.717) is 11.8 Å². The molecule has 1 aromatic heterocycles. The molecule has 1 aromatic rings. The van der Waals surface area contributed by atoms with Crippen molar-refractivity contribution >= 4 is 11.3 Å². The number of aromatic nitrogens is 1. The van der Waals surface area contributed by atoms with Crippen molar-refractivity contribution in [3.63, 3.8) is 0 Å². The van der Waals surface area contributed by atoms with Crippen LogP contribution in [0, 0.1) is 19.8 Å². The topological polar surface area (TPSA) is 24.9 Å². The fraction of sp³-hybridized carbons (Fsp3) is 0.727. The predicted molar refractivity (Wildman–Crippen MR) is 63.1 cm³/mol. The first-order valence-electron chi connectivity index (χ1n) is 5.14. The zero-order valence-electron chi connectivity index (χ0n) is 9.72. The smallest absolute Gasteiger partial charge is 0.0900 e. The van der Waals surface area contributed by atoms with Crippen molar-refractivity contribution in [1.82, 2.24) is 10.3 Å². The quantitative estimate of drug-likeness (QED) is 0.830. The van der Waals surface area contributed by atoms with Crippen LogP contribution in [-0.2, 0) is 0 Å². The Labute approximate surface area is 90.8 Å². The van der Waals surface area contributed by atoms with Crippen LogP contribution < -0.4 is 5.32 Å². The molecule has 0 amide bonds. The first-order valence-corrected chi connectivity index (χ1v) is 5.96. The van der Waals surface area contributed by atoms with Gasteiger partial charge < -0.3 is 5.32 Å². The van der Waals surface area contributed by atoms with Gasteiger partial charge >= 0.3 is 0 Å². The van der Waals surface area contributed by atoms with E-state index in [0.717, 1.165) is 6.54 Å². The molecule has 1 rings (SSSR count). The van der Waals surface area contributed by atoms with Crippen LogP contribution in [0.3, 0.4) is 0 Å². The second-order valence-corrected chi connectivity index (χ2v) is 5.33. The number of hydrogen-bond acceptors (Lipinski definition) is 3. The molecule has 14 heavy (non-hydrogen) atoms. The Balaban J connectivity index is 2.92. The zero-order valence-corrected chi connectivity index (χ0v) is 10.5. The summed E-state index contributed by atoms with van der Waals surface area (Å²) in [5.41, 5.74) is 1.21. The molecule has 0 bridgehead atoms. The number of nitrogens with one attached hydrogen (secondary N) is 1. The fourth-order valence-corrected chi connectivity index (χ4v) is 2.94. The molecular formula is C11H20N2S. The third-order valence-electron chi connectivity index (χ3n) is 2.50. The number of thiazole rings is 1. The third kappa shape index (κ3) is 2.55. The van der Waals surface area contributed by atoms with Crippen molar-refractivity contribution in [3.05, 3.63) is 15.6 Å². The van der Waals surface area contributed by atoms with Gasteiger partial charge in [-0.15, -0.1) is 11.3 Å². The molecule has 3 heteroatoms. The molecule has 0 aliphatic heterocycles. The van der Waals surface area contributed by atoms with Gasteiger partial charge in [-0.25, -0.2) is 4.98 Å². The summed E-state index contributed by atoms with van der Waals surface area (Å²) in [6.45, 7) is 9.79. The number of likely N-dealkylation sites (N-methyl/N-ethyl adjacent to an activating group) is 1. The van der Waals surface area contributed by atoms with Crippen molar-refractivity contribution in [2.24, 2.45) is 5.92 Å². The molecule has 1 heterocycles. The Hall–Kier alpha value is -0.410. The maximum Gasteiger partial charge on any atom is 0.0900 e. The standard InChI is InChI=1S/C11H20N2S/c1-7(2)10(6-12-5)11-8(3)13-9(4)14-11/h7,10,12H,6H2,1-5H3. The highest BCUT2D eigenvalue weighted by atomic mass is 32.1. The van der Waals surface area contributed by atoms with Crippen molar-refractivity contribution in [2.75, 3.05) is 13.6 Å². The number of hydrogen-bond donors (Lipinski definition) is 1. The van der Waals surface area contributed by atoms with Gasteiger partial charge in [-0.3, -0.25) is 0 Å². The maximum atomic E-state index is 4.49. The second-order valence-electron chi connectivity index (χ2n) is 4.09. The van der Waals surface area contributed by atoms with Gasteiger partial charge in [-0.1, -0.05) is 13.8 Å². The van der Waals surface area contributed by atoms with Crippen LogP contribution >= 0.6 is 11.3 Å². The minimum atomic E-state index is 0.603. The van der Waals surface area contributed by atoms with E-state index in [4.69, 9.17) is 0 Å². The van der Waals surface area contributed by atoms with E-state index in [1.54, 1.807) is 0 Å². The SMILES string of the molecule is CNCC(c1sc(C)nc1C)C(C)C. The lowest BCUT2D eigenvalue weighted by atomic mass is 9.93. The summed E-state index contributed by atoms with van der Waals surface area (Å²) in [6.07, 6.45) is 0. The molecule has 2 nitrogen and oxygen atoms in total. The first kappa shape index (κ1) is 11.7. The van der Waals surface area contributed by atoms with Gasteiger partial charge in [-0.2, -0.15) is 0 Å². The van der Waals surface area contributed by atoms with Gasteiger partial charge in [0.25, 0.3) is 0 Å². The Morgan fingerprint density at radius 2 is 2.00 bits per heavy atom. The highest BCUT2D eigenvalue weighted by Crippen LogP contribution is 2.31. The summed E-state index contributed by atoms with van der Waals surface area (Å²) in [7, 11) is 2.01. The number of nitrogens with zero attached hydrogens (tertiary/aromatic N) is 1. The molecule has 1 unspecified atom stereocenters. The first-order chi connectivity index (χ1) is 6.56. The van der Waals surface area contributed by atoms with Gasteiger partial charge in [-0.05, 0) is 26.8 Å². The van der Waals surface area contributed by atoms with E-state index in [2.05, 4.69) is 38.0 Å². The van der Waals surface area contributed by atoms with Crippen LogP contribution in [0.5, 0.6) is 0 Å². The van der Waals surface area contributed by atoms with Crippen LogP contribution in [0.1, 0.15) is 35.3 Å². The van der Waals surface area contributed by atoms with E-state index in [1.807, 2.05) is 18.4 Å². The summed E-state index contributed by atoms with van der Waals surface area (Å²) in [5, 5.41) is 4.44. The van der Waals surface area contributed by atoms with Crippen molar-refractivity contribution in [3.8, 4) is 0 Å². The summed E-state index contributed by atoms with van der Waals surface area (Å²) >= 11 is 1.84. The molecule has 1 N–H and O–H groups in total. The van der Waals surface area contributed by atoms with Gasteiger partial charge in [0.15, 0.2) is 0 Å². The van der Waals surface area contributed by atoms with Crippen molar-refractivity contribution in [1.29, 1.82) is 0 Å². The molecule has 0 saturated carbocycles. The van der Waals surface area contributed by atoms with Gasteiger partial charge in [0.1, 0.15) is 0 Å². The van der Waals surface area contributed by atoms with E-state index in [-0.39, 0.29) is 0 Å². The molecule has 80 valence electrons. The van der Waals surface area contributed by atoms with E-state index >= 15 is 0 Å². The molecule has 0 radical (unpaired) electrons. The number of rotatable bonds is 4. The minimum Gasteiger partial charge on any atom is -0.319 e. The van der Waals surface area contributed by atoms with E-state index < -0.39 is 0 Å². The molecule has 0 fully saturated rings. The predicted octanol–water partition coefficient (Wildman–Crippen LogP) is 2.72. The molecule has 1 atom stereocenters. The lowest BCUT2D eigenvalue weighted by Gasteiger charge is -2.19. The highest BCUT2D eigenvalue weighted by molar-refractivity contribution is 7.11. The second kappa shape index (κ2) is 4.89. The number of aryl methyl sites for hydroxylation is 2. The largest absolute Gasteiger partial charge is 0.319 e. The van der Waals surface area contributed by atoms with Crippen LogP contribution in [0.2, 0.25) is 0 Å². The molecule has 0 aliphatic rings. The van der Waals surface area contributed by atoms with Crippen LogP contribution in [0.15, 0.2) is 0 Å². The molecule has 0 aliphatic carbocycles. The molecule has 0 spiro atoms. The van der Waals surface area contributed by atoms with E-state index in [9.17, 15) is 0 Å². The normalized spacial score (nSPS) is 13.6. The lowest BCUT2D eigenvalue weighted by Crippen LogP contribution is -2.21. The summed E-state index contributed by atoms with van der Waals surface area (Å²) < 4.78 is 0. The monoisotopic (exact) mass is 212 g/mol. The highest BCUT2D eigenvalue weighted by Gasteiger charge is 2.19. The summed E-state index contributed by atoms with van der Waals surface area (Å²) in [6, 6.07) is 0. The van der Waals surface area contributed by atoms with Crippen molar-refractivity contribution in [2.45, 2.75) is 33.6 Å². The van der Waals surface area contributed by atoms with Crippen molar-refractivity contribution < 1.29 is 0 Å². The molecule has 0 saturated heterocycles. The minimum absolute atomic E-state index is 0.603. The Kier molecular flexibility index (Phi) is 4.08. The third-order valence-corrected chi connectivity index (χ3v) is 3.71. The average Bonchev–Trinajstić information content (AvgIpc) is 2.40. The maximum absolute atomic E-state index is 4.49. The zero-order chi connectivity index (χ0) is 10.7. The Morgan fingerprint density at radius 1 is 1.36 bits per heavy atom. The molecule has 0 aromatic carbocycles. The Bertz CT molecular complexity index is 291. The fourth-order valence-electron chi connectivity index (χ4n) is 1.74. The lowest BCUT2D eigenvalue weighted by molar-refractivity contribution is 0.482. The van der Waals surface area contributed by atoms with Crippen LogP contribution in [0.4, 0.5) is 0 Å². The van der Waals surface area contributed by atoms with Gasteiger partial charge in [0, 0.05) is 17.3 Å².